The third kappa shape index (κ3) is 7.69. The second kappa shape index (κ2) is 12.5. The van der Waals surface area contributed by atoms with E-state index < -0.39 is 11.4 Å². The quantitative estimate of drug-likeness (QED) is 0.357. The van der Waals surface area contributed by atoms with Crippen molar-refractivity contribution in [2.75, 3.05) is 6.61 Å². The number of halogens is 1. The lowest BCUT2D eigenvalue weighted by atomic mass is 10.1. The molecular formula is C22H32FNO3. The molecule has 0 bridgehead atoms. The lowest BCUT2D eigenvalue weighted by Gasteiger charge is -2.05. The van der Waals surface area contributed by atoms with Gasteiger partial charge in [0.05, 0.1) is 12.1 Å². The molecule has 0 aliphatic rings. The molecule has 2 rings (SSSR count). The normalized spacial score (nSPS) is 11.2. The molecular weight excluding hydrogens is 345 g/mol. The predicted molar refractivity (Wildman–Crippen MR) is 107 cm³/mol. The maximum Gasteiger partial charge on any atom is 0.397 e. The fourth-order valence-corrected chi connectivity index (χ4v) is 3.22. The van der Waals surface area contributed by atoms with Crippen LogP contribution in [0.5, 0.6) is 6.08 Å². The first kappa shape index (κ1) is 21.4. The Morgan fingerprint density at radius 1 is 0.926 bits per heavy atom. The minimum atomic E-state index is -0.747. The number of rotatable bonds is 14. The van der Waals surface area contributed by atoms with E-state index >= 15 is 0 Å². The van der Waals surface area contributed by atoms with Crippen LogP contribution in [0, 0.1) is 5.82 Å². The molecule has 1 heterocycles. The third-order valence-corrected chi connectivity index (χ3v) is 4.81. The van der Waals surface area contributed by atoms with Gasteiger partial charge < -0.3 is 9.15 Å². The van der Waals surface area contributed by atoms with Gasteiger partial charge in [0.25, 0.3) is 0 Å². The van der Waals surface area contributed by atoms with Gasteiger partial charge in [-0.05, 0) is 18.6 Å². The zero-order valence-electron chi connectivity index (χ0n) is 16.5. The number of benzene rings is 1. The zero-order valence-corrected chi connectivity index (χ0v) is 16.5. The van der Waals surface area contributed by atoms with Crippen molar-refractivity contribution in [3.05, 3.63) is 34.4 Å². The van der Waals surface area contributed by atoms with Gasteiger partial charge in [-0.3, -0.25) is 0 Å². The van der Waals surface area contributed by atoms with Gasteiger partial charge in [-0.2, -0.15) is 4.98 Å². The van der Waals surface area contributed by atoms with E-state index in [-0.39, 0.29) is 17.0 Å². The molecule has 0 N–H and O–H groups in total. The average Bonchev–Trinajstić information content (AvgIpc) is 2.65. The SMILES string of the molecule is CCCCCCCCCCCCCCOc1nc2cccc(F)c2c(=O)o1. The van der Waals surface area contributed by atoms with Crippen LogP contribution in [-0.4, -0.2) is 11.6 Å². The zero-order chi connectivity index (χ0) is 19.3. The van der Waals surface area contributed by atoms with Gasteiger partial charge in [0, 0.05) is 0 Å². The smallest absolute Gasteiger partial charge is 0.397 e. The minimum Gasteiger partial charge on any atom is -0.450 e. The number of aromatic nitrogens is 1. The number of unbranched alkanes of at least 4 members (excludes halogenated alkanes) is 11. The maximum atomic E-state index is 13.6. The van der Waals surface area contributed by atoms with Crippen LogP contribution in [0.25, 0.3) is 10.9 Å². The number of hydrogen-bond acceptors (Lipinski definition) is 4. The predicted octanol–water partition coefficient (Wildman–Crippen LogP) is 6.41. The number of hydrogen-bond donors (Lipinski definition) is 0. The van der Waals surface area contributed by atoms with Crippen LogP contribution in [0.3, 0.4) is 0 Å². The van der Waals surface area contributed by atoms with Crippen molar-refractivity contribution in [2.24, 2.45) is 0 Å². The minimum absolute atomic E-state index is 0.0822. The molecule has 0 spiro atoms. The summed E-state index contributed by atoms with van der Waals surface area (Å²) >= 11 is 0. The van der Waals surface area contributed by atoms with E-state index in [0.29, 0.717) is 6.61 Å². The number of fused-ring (bicyclic) bond motifs is 1. The summed E-state index contributed by atoms with van der Waals surface area (Å²) in [5.41, 5.74) is -0.487. The van der Waals surface area contributed by atoms with Crippen LogP contribution < -0.4 is 10.4 Å². The highest BCUT2D eigenvalue weighted by Gasteiger charge is 2.11. The second-order valence-corrected chi connectivity index (χ2v) is 7.14. The third-order valence-electron chi connectivity index (χ3n) is 4.81. The van der Waals surface area contributed by atoms with Gasteiger partial charge in [0.15, 0.2) is 0 Å². The van der Waals surface area contributed by atoms with Crippen molar-refractivity contribution in [3.8, 4) is 6.08 Å². The topological polar surface area (TPSA) is 52.3 Å². The summed E-state index contributed by atoms with van der Waals surface area (Å²) in [7, 11) is 0. The maximum absolute atomic E-state index is 13.6. The van der Waals surface area contributed by atoms with Crippen LogP contribution in [0.2, 0.25) is 0 Å². The van der Waals surface area contributed by atoms with E-state index in [2.05, 4.69) is 11.9 Å². The summed E-state index contributed by atoms with van der Waals surface area (Å²) in [6, 6.07) is 4.30. The van der Waals surface area contributed by atoms with Crippen molar-refractivity contribution in [1.82, 2.24) is 4.98 Å². The van der Waals surface area contributed by atoms with E-state index in [0.717, 1.165) is 12.8 Å². The van der Waals surface area contributed by atoms with Gasteiger partial charge in [0.1, 0.15) is 11.2 Å². The Morgan fingerprint density at radius 2 is 1.52 bits per heavy atom. The molecule has 0 aliphatic carbocycles. The molecule has 27 heavy (non-hydrogen) atoms. The van der Waals surface area contributed by atoms with Crippen LogP contribution in [-0.2, 0) is 0 Å². The second-order valence-electron chi connectivity index (χ2n) is 7.14. The lowest BCUT2D eigenvalue weighted by Crippen LogP contribution is -2.07. The molecule has 0 aliphatic heterocycles. The fourth-order valence-electron chi connectivity index (χ4n) is 3.22. The highest BCUT2D eigenvalue weighted by molar-refractivity contribution is 5.77. The Bertz CT molecular complexity index is 729. The molecule has 5 heteroatoms. The lowest BCUT2D eigenvalue weighted by molar-refractivity contribution is 0.211. The molecule has 0 saturated carbocycles. The summed E-state index contributed by atoms with van der Waals surface area (Å²) in [5.74, 6) is -0.624. The summed E-state index contributed by atoms with van der Waals surface area (Å²) in [5, 5.41) is -0.129. The Labute approximate surface area is 161 Å². The van der Waals surface area contributed by atoms with E-state index in [9.17, 15) is 9.18 Å². The summed E-state index contributed by atoms with van der Waals surface area (Å²) in [6.45, 7) is 2.70. The molecule has 1 aromatic carbocycles. The van der Waals surface area contributed by atoms with Crippen LogP contribution in [0.1, 0.15) is 84.0 Å². The Morgan fingerprint density at radius 3 is 2.15 bits per heavy atom. The van der Waals surface area contributed by atoms with Gasteiger partial charge in [0.2, 0.25) is 0 Å². The summed E-state index contributed by atoms with van der Waals surface area (Å²) in [4.78, 5) is 15.9. The number of nitrogens with zero attached hydrogens (tertiary/aromatic N) is 1. The van der Waals surface area contributed by atoms with Crippen molar-refractivity contribution >= 4 is 10.9 Å². The van der Waals surface area contributed by atoms with E-state index in [1.807, 2.05) is 0 Å². The Hall–Kier alpha value is -1.91. The van der Waals surface area contributed by atoms with Crippen molar-refractivity contribution in [3.63, 3.8) is 0 Å². The standard InChI is InChI=1S/C22H32FNO3/c1-2-3-4-5-6-7-8-9-10-11-12-13-17-26-22-24-19-16-14-15-18(23)20(19)21(25)27-22/h14-16H,2-13,17H2,1H3. The molecule has 2 aromatic rings. The molecule has 4 nitrogen and oxygen atoms in total. The highest BCUT2D eigenvalue weighted by atomic mass is 19.1. The van der Waals surface area contributed by atoms with E-state index in [1.54, 1.807) is 6.07 Å². The molecule has 150 valence electrons. The first-order valence-electron chi connectivity index (χ1n) is 10.4. The highest BCUT2D eigenvalue weighted by Crippen LogP contribution is 2.16. The van der Waals surface area contributed by atoms with Gasteiger partial charge >= 0.3 is 11.7 Å². The first-order chi connectivity index (χ1) is 13.2. The largest absolute Gasteiger partial charge is 0.450 e. The molecule has 1 aromatic heterocycles. The van der Waals surface area contributed by atoms with Crippen molar-refractivity contribution in [2.45, 2.75) is 84.0 Å². The van der Waals surface area contributed by atoms with Gasteiger partial charge in [-0.1, -0.05) is 83.6 Å². The van der Waals surface area contributed by atoms with E-state index in [4.69, 9.17) is 9.15 Å². The Kier molecular flexibility index (Phi) is 9.88. The van der Waals surface area contributed by atoms with Crippen LogP contribution in [0.4, 0.5) is 4.39 Å². The Balaban J connectivity index is 1.54. The van der Waals surface area contributed by atoms with Crippen LogP contribution in [0.15, 0.2) is 27.4 Å². The molecule has 0 unspecified atom stereocenters. The van der Waals surface area contributed by atoms with E-state index in [1.165, 1.54) is 76.3 Å². The summed E-state index contributed by atoms with van der Waals surface area (Å²) < 4.78 is 24.0. The van der Waals surface area contributed by atoms with Crippen molar-refractivity contribution in [1.29, 1.82) is 0 Å². The first-order valence-corrected chi connectivity index (χ1v) is 10.4. The molecule has 0 amide bonds. The molecule has 0 atom stereocenters. The monoisotopic (exact) mass is 377 g/mol. The molecule has 0 radical (unpaired) electrons. The summed E-state index contributed by atoms with van der Waals surface area (Å²) in [6.07, 6.45) is 15.2. The fraction of sp³-hybridized carbons (Fsp3) is 0.636. The van der Waals surface area contributed by atoms with Crippen LogP contribution >= 0.6 is 0 Å². The molecule has 0 fully saturated rings. The number of ether oxygens (including phenoxy) is 1. The molecule has 0 saturated heterocycles. The van der Waals surface area contributed by atoms with Gasteiger partial charge in [-0.15, -0.1) is 0 Å². The van der Waals surface area contributed by atoms with Gasteiger partial charge in [-0.25, -0.2) is 9.18 Å². The van der Waals surface area contributed by atoms with Crippen molar-refractivity contribution < 1.29 is 13.5 Å². The average molecular weight is 378 g/mol.